The summed E-state index contributed by atoms with van der Waals surface area (Å²) < 4.78 is 5.56. The van der Waals surface area contributed by atoms with Gasteiger partial charge in [0.05, 0.1) is 11.7 Å². The molecule has 0 radical (unpaired) electrons. The second-order valence-corrected chi connectivity index (χ2v) is 7.90. The van der Waals surface area contributed by atoms with E-state index in [0.29, 0.717) is 30.3 Å². The van der Waals surface area contributed by atoms with Gasteiger partial charge in [-0.05, 0) is 42.2 Å². The van der Waals surface area contributed by atoms with Gasteiger partial charge in [-0.2, -0.15) is 0 Å². The number of anilines is 1. The largest absolute Gasteiger partial charge is 0.484 e. The summed E-state index contributed by atoms with van der Waals surface area (Å²) in [4.78, 5) is 41.3. The third-order valence-corrected chi connectivity index (χ3v) is 5.63. The number of nitrogens with one attached hydrogen (secondary N) is 1. The molecule has 2 saturated heterocycles. The van der Waals surface area contributed by atoms with Gasteiger partial charge in [0.2, 0.25) is 0 Å². The normalized spacial score (nSPS) is 20.9. The summed E-state index contributed by atoms with van der Waals surface area (Å²) in [5, 5.41) is 2.88. The van der Waals surface area contributed by atoms with Gasteiger partial charge < -0.3 is 15.0 Å². The number of ether oxygens (including phenoxy) is 1. The zero-order valence-corrected chi connectivity index (χ0v) is 17.1. The lowest BCUT2D eigenvalue weighted by molar-refractivity contribution is -0.139. The third-order valence-electron chi connectivity index (χ3n) is 5.63. The topological polar surface area (TPSA) is 79.0 Å². The molecule has 30 heavy (non-hydrogen) atoms. The number of carbonyl (C=O) groups excluding carboxylic acids is 3. The van der Waals surface area contributed by atoms with E-state index in [1.807, 2.05) is 30.3 Å². The van der Waals surface area contributed by atoms with Crippen LogP contribution in [0.2, 0.25) is 0 Å². The third kappa shape index (κ3) is 3.75. The van der Waals surface area contributed by atoms with Crippen molar-refractivity contribution in [2.24, 2.45) is 0 Å². The highest BCUT2D eigenvalue weighted by atomic mass is 16.5. The van der Waals surface area contributed by atoms with Crippen LogP contribution in [0.25, 0.3) is 0 Å². The summed E-state index contributed by atoms with van der Waals surface area (Å²) >= 11 is 0. The molecule has 2 heterocycles. The van der Waals surface area contributed by atoms with Crippen LogP contribution in [0, 0.1) is 0 Å². The molecule has 0 bridgehead atoms. The first-order chi connectivity index (χ1) is 14.5. The first kappa shape index (κ1) is 19.9. The van der Waals surface area contributed by atoms with Crippen molar-refractivity contribution in [1.29, 1.82) is 0 Å². The van der Waals surface area contributed by atoms with Gasteiger partial charge in [-0.1, -0.05) is 44.2 Å². The van der Waals surface area contributed by atoms with Gasteiger partial charge in [-0.25, -0.2) is 9.69 Å². The second-order valence-electron chi connectivity index (χ2n) is 7.90. The van der Waals surface area contributed by atoms with Gasteiger partial charge in [0.1, 0.15) is 11.8 Å². The van der Waals surface area contributed by atoms with Gasteiger partial charge in [-0.15, -0.1) is 0 Å². The predicted molar refractivity (Wildman–Crippen MR) is 112 cm³/mol. The van der Waals surface area contributed by atoms with Gasteiger partial charge >= 0.3 is 6.03 Å². The molecule has 2 aromatic rings. The summed E-state index contributed by atoms with van der Waals surface area (Å²) in [6, 6.07) is 14.9. The highest BCUT2D eigenvalue weighted by Crippen LogP contribution is 2.29. The zero-order chi connectivity index (χ0) is 21.3. The minimum atomic E-state index is -0.723. The summed E-state index contributed by atoms with van der Waals surface area (Å²) in [6.07, 6.45) is 0.541. The monoisotopic (exact) mass is 407 g/mol. The average molecular weight is 407 g/mol. The predicted octanol–water partition coefficient (Wildman–Crippen LogP) is 2.91. The zero-order valence-electron chi connectivity index (χ0n) is 17.1. The SMILES string of the molecule is CC(C)c1ccc(N2C(=O)N[C@@H]3CCN(C(=O)COc4ccccc4)[C@@H]3C2=O)cc1. The summed E-state index contributed by atoms with van der Waals surface area (Å²) in [7, 11) is 0. The number of amides is 4. The van der Waals surface area contributed by atoms with Crippen LogP contribution in [-0.4, -0.2) is 48.0 Å². The van der Waals surface area contributed by atoms with Crippen molar-refractivity contribution in [3.63, 3.8) is 0 Å². The van der Waals surface area contributed by atoms with E-state index in [1.54, 1.807) is 24.3 Å². The number of benzene rings is 2. The smallest absolute Gasteiger partial charge is 0.329 e. The van der Waals surface area contributed by atoms with Crippen molar-refractivity contribution in [1.82, 2.24) is 10.2 Å². The van der Waals surface area contributed by atoms with Crippen LogP contribution in [0.3, 0.4) is 0 Å². The van der Waals surface area contributed by atoms with Crippen molar-refractivity contribution in [2.45, 2.75) is 38.3 Å². The second kappa shape index (κ2) is 8.18. The van der Waals surface area contributed by atoms with Crippen molar-refractivity contribution >= 4 is 23.5 Å². The lowest BCUT2D eigenvalue weighted by Crippen LogP contribution is -2.65. The maximum Gasteiger partial charge on any atom is 0.329 e. The Morgan fingerprint density at radius 1 is 1.10 bits per heavy atom. The van der Waals surface area contributed by atoms with Gasteiger partial charge in [0.25, 0.3) is 11.8 Å². The van der Waals surface area contributed by atoms with E-state index in [4.69, 9.17) is 4.74 Å². The number of rotatable bonds is 5. The summed E-state index contributed by atoms with van der Waals surface area (Å²) in [6.45, 7) is 4.41. The van der Waals surface area contributed by atoms with E-state index >= 15 is 0 Å². The fourth-order valence-electron chi connectivity index (χ4n) is 3.98. The Bertz CT molecular complexity index is 943. The van der Waals surface area contributed by atoms with Crippen molar-refractivity contribution in [3.05, 3.63) is 60.2 Å². The molecule has 2 aromatic carbocycles. The molecule has 0 aliphatic carbocycles. The average Bonchev–Trinajstić information content (AvgIpc) is 3.17. The van der Waals surface area contributed by atoms with Gasteiger partial charge in [0.15, 0.2) is 6.61 Å². The minimum Gasteiger partial charge on any atom is -0.484 e. The van der Waals surface area contributed by atoms with Crippen LogP contribution in [0.4, 0.5) is 10.5 Å². The molecular weight excluding hydrogens is 382 g/mol. The van der Waals surface area contributed by atoms with Crippen LogP contribution in [0.1, 0.15) is 31.7 Å². The van der Waals surface area contributed by atoms with Gasteiger partial charge in [-0.3, -0.25) is 9.59 Å². The summed E-state index contributed by atoms with van der Waals surface area (Å²) in [5.41, 5.74) is 1.62. The van der Waals surface area contributed by atoms with Crippen LogP contribution in [-0.2, 0) is 9.59 Å². The molecule has 0 aromatic heterocycles. The van der Waals surface area contributed by atoms with Crippen LogP contribution >= 0.6 is 0 Å². The number of carbonyl (C=O) groups is 3. The molecule has 2 fully saturated rings. The molecule has 7 nitrogen and oxygen atoms in total. The standard InChI is InChI=1S/C23H25N3O4/c1-15(2)16-8-10-17(11-9-16)26-22(28)21-19(24-23(26)29)12-13-25(21)20(27)14-30-18-6-4-3-5-7-18/h3-11,15,19,21H,12-14H2,1-2H3,(H,24,29)/t19-,21+/m1/s1. The molecule has 2 aliphatic heterocycles. The number of urea groups is 1. The lowest BCUT2D eigenvalue weighted by atomic mass is 10.0. The number of likely N-dealkylation sites (tertiary alicyclic amines) is 1. The Morgan fingerprint density at radius 2 is 1.80 bits per heavy atom. The Balaban J connectivity index is 1.50. The first-order valence-corrected chi connectivity index (χ1v) is 10.2. The Hall–Kier alpha value is -3.35. The number of fused-ring (bicyclic) bond motifs is 1. The van der Waals surface area contributed by atoms with Crippen LogP contribution in [0.15, 0.2) is 54.6 Å². The highest BCUT2D eigenvalue weighted by molar-refractivity contribution is 6.19. The van der Waals surface area contributed by atoms with Crippen molar-refractivity contribution in [2.75, 3.05) is 18.1 Å². The van der Waals surface area contributed by atoms with Crippen LogP contribution in [0.5, 0.6) is 5.75 Å². The van der Waals surface area contributed by atoms with E-state index in [9.17, 15) is 14.4 Å². The Labute approximate surface area is 175 Å². The lowest BCUT2D eigenvalue weighted by Gasteiger charge is -2.36. The molecule has 4 amide bonds. The maximum atomic E-state index is 13.3. The van der Waals surface area contributed by atoms with Crippen LogP contribution < -0.4 is 15.0 Å². The molecule has 156 valence electrons. The van der Waals surface area contributed by atoms with Crippen molar-refractivity contribution in [3.8, 4) is 5.75 Å². The highest BCUT2D eigenvalue weighted by Gasteiger charge is 2.49. The number of nitrogens with zero attached hydrogens (tertiary/aromatic N) is 2. The van der Waals surface area contributed by atoms with Crippen molar-refractivity contribution < 1.29 is 19.1 Å². The molecular formula is C23H25N3O4. The van der Waals surface area contributed by atoms with E-state index in [-0.39, 0.29) is 24.5 Å². The number of imide groups is 1. The number of para-hydroxylation sites is 1. The van der Waals surface area contributed by atoms with E-state index < -0.39 is 12.1 Å². The fourth-order valence-corrected chi connectivity index (χ4v) is 3.98. The molecule has 2 aliphatic rings. The fraction of sp³-hybridized carbons (Fsp3) is 0.348. The summed E-state index contributed by atoms with van der Waals surface area (Å²) in [5.74, 6) is 0.288. The quantitative estimate of drug-likeness (QED) is 0.827. The molecule has 1 N–H and O–H groups in total. The number of hydrogen-bond donors (Lipinski definition) is 1. The molecule has 0 spiro atoms. The molecule has 0 saturated carbocycles. The Kier molecular flexibility index (Phi) is 5.44. The van der Waals surface area contributed by atoms with E-state index in [2.05, 4.69) is 19.2 Å². The minimum absolute atomic E-state index is 0.155. The molecule has 4 rings (SSSR count). The molecule has 7 heteroatoms. The molecule has 0 unspecified atom stereocenters. The van der Waals surface area contributed by atoms with E-state index in [0.717, 1.165) is 10.5 Å². The first-order valence-electron chi connectivity index (χ1n) is 10.2. The van der Waals surface area contributed by atoms with E-state index in [1.165, 1.54) is 4.90 Å². The van der Waals surface area contributed by atoms with Gasteiger partial charge in [0, 0.05) is 6.54 Å². The molecule has 2 atom stereocenters. The Morgan fingerprint density at radius 3 is 2.47 bits per heavy atom. The number of hydrogen-bond acceptors (Lipinski definition) is 4. The maximum absolute atomic E-state index is 13.3.